The summed E-state index contributed by atoms with van der Waals surface area (Å²) in [6.45, 7) is 6.43. The molecule has 0 radical (unpaired) electrons. The van der Waals surface area contributed by atoms with Crippen molar-refractivity contribution < 1.29 is 37.1 Å². The average Bonchev–Trinajstić information content (AvgIpc) is 3.15. The third kappa shape index (κ3) is 9.35. The van der Waals surface area contributed by atoms with E-state index in [0.29, 0.717) is 63.3 Å². The van der Waals surface area contributed by atoms with Gasteiger partial charge in [0.25, 0.3) is 0 Å². The molecule has 4 aliphatic heterocycles. The first kappa shape index (κ1) is 39.9. The fraction of sp³-hybridized carbons (Fsp3) is 0.641. The number of anilines is 1. The van der Waals surface area contributed by atoms with E-state index >= 15 is 0 Å². The molecule has 0 spiro atoms. The number of piperidine rings is 3. The molecule has 4 amide bonds. The van der Waals surface area contributed by atoms with Gasteiger partial charge in [-0.2, -0.15) is 13.2 Å². The van der Waals surface area contributed by atoms with Crippen molar-refractivity contribution in [2.45, 2.75) is 76.9 Å². The molecule has 2 unspecified atom stereocenters. The molecule has 2 atom stereocenters. The van der Waals surface area contributed by atoms with Crippen molar-refractivity contribution in [3.05, 3.63) is 51.7 Å². The first-order valence-electron chi connectivity index (χ1n) is 19.2. The van der Waals surface area contributed by atoms with Crippen LogP contribution >= 0.6 is 11.6 Å². The SMILES string of the molecule is COC(=O)CN1CCC(C2CCN(C(=O)C(CC(=O)N3CCC(N4CC5=C(C=CC(C)C5)NC4=O)CC3)Cc3cc(Cl)c(N)c(C(F)(F)F)c3)CC2)CC1. The number of benzene rings is 1. The fourth-order valence-corrected chi connectivity index (χ4v) is 9.23. The molecule has 54 heavy (non-hydrogen) atoms. The zero-order valence-electron chi connectivity index (χ0n) is 31.1. The molecule has 3 fully saturated rings. The van der Waals surface area contributed by atoms with Gasteiger partial charge in [0.05, 0.1) is 35.8 Å². The molecule has 3 N–H and O–H groups in total. The third-order valence-corrected chi connectivity index (χ3v) is 12.5. The molecule has 5 aliphatic rings. The summed E-state index contributed by atoms with van der Waals surface area (Å²) in [6.07, 6.45) is 4.64. The van der Waals surface area contributed by atoms with E-state index in [1.807, 2.05) is 11.0 Å². The van der Waals surface area contributed by atoms with Gasteiger partial charge in [-0.1, -0.05) is 24.6 Å². The number of halogens is 4. The Labute approximate surface area is 320 Å². The van der Waals surface area contributed by atoms with Crippen LogP contribution in [-0.4, -0.2) is 109 Å². The zero-order chi connectivity index (χ0) is 38.7. The van der Waals surface area contributed by atoms with Crippen molar-refractivity contribution in [1.29, 1.82) is 0 Å². The second kappa shape index (κ2) is 16.9. The number of nitrogens with one attached hydrogen (secondary N) is 1. The van der Waals surface area contributed by atoms with Crippen LogP contribution in [-0.2, 0) is 31.7 Å². The van der Waals surface area contributed by atoms with Gasteiger partial charge in [-0.05, 0) is 112 Å². The number of ether oxygens (including phenoxy) is 1. The number of hydrogen-bond acceptors (Lipinski definition) is 7. The average molecular weight is 777 g/mol. The van der Waals surface area contributed by atoms with Gasteiger partial charge in [-0.3, -0.25) is 19.3 Å². The summed E-state index contributed by atoms with van der Waals surface area (Å²) >= 11 is 6.17. The van der Waals surface area contributed by atoms with E-state index in [2.05, 4.69) is 23.2 Å². The molecule has 0 aromatic heterocycles. The highest BCUT2D eigenvalue weighted by atomic mass is 35.5. The van der Waals surface area contributed by atoms with Crippen molar-refractivity contribution in [1.82, 2.24) is 24.9 Å². The lowest BCUT2D eigenvalue weighted by Crippen LogP contribution is -2.54. The Morgan fingerprint density at radius 2 is 1.61 bits per heavy atom. The zero-order valence-corrected chi connectivity index (χ0v) is 31.9. The van der Waals surface area contributed by atoms with E-state index in [9.17, 15) is 32.3 Å². The number of alkyl halides is 3. The Hall–Kier alpha value is -3.78. The summed E-state index contributed by atoms with van der Waals surface area (Å²) in [4.78, 5) is 60.2. The molecular formula is C39H52ClF3N6O5. The van der Waals surface area contributed by atoms with Gasteiger partial charge in [0.15, 0.2) is 0 Å². The molecular weight excluding hydrogens is 725 g/mol. The van der Waals surface area contributed by atoms with Crippen LogP contribution in [0.2, 0.25) is 5.02 Å². The van der Waals surface area contributed by atoms with Gasteiger partial charge >= 0.3 is 18.2 Å². The Kier molecular flexibility index (Phi) is 12.5. The Morgan fingerprint density at radius 1 is 0.981 bits per heavy atom. The van der Waals surface area contributed by atoms with Crippen LogP contribution in [0.15, 0.2) is 35.6 Å². The van der Waals surface area contributed by atoms with Gasteiger partial charge in [-0.25, -0.2) is 4.79 Å². The summed E-state index contributed by atoms with van der Waals surface area (Å²) in [6, 6.07) is 2.11. The maximum absolute atomic E-state index is 14.2. The lowest BCUT2D eigenvalue weighted by molar-refractivity contribution is -0.143. The molecule has 15 heteroatoms. The minimum absolute atomic E-state index is 0.0409. The molecule has 1 aromatic carbocycles. The molecule has 6 rings (SSSR count). The van der Waals surface area contributed by atoms with Crippen molar-refractivity contribution in [3.63, 3.8) is 0 Å². The van der Waals surface area contributed by atoms with Gasteiger partial charge in [0, 0.05) is 50.9 Å². The van der Waals surface area contributed by atoms with Crippen LogP contribution in [0.1, 0.15) is 69.4 Å². The number of hydrogen-bond donors (Lipinski definition) is 2. The van der Waals surface area contributed by atoms with Crippen molar-refractivity contribution in [2.75, 3.05) is 65.2 Å². The minimum atomic E-state index is -4.74. The normalized spacial score (nSPS) is 23.0. The molecule has 1 aromatic rings. The number of methoxy groups -OCH3 is 1. The van der Waals surface area contributed by atoms with Crippen LogP contribution < -0.4 is 11.1 Å². The molecule has 0 saturated carbocycles. The van der Waals surface area contributed by atoms with E-state index < -0.39 is 23.3 Å². The maximum atomic E-state index is 14.2. The highest BCUT2D eigenvalue weighted by molar-refractivity contribution is 6.33. The molecule has 4 heterocycles. The van der Waals surface area contributed by atoms with Gasteiger partial charge < -0.3 is 30.5 Å². The number of esters is 1. The highest BCUT2D eigenvalue weighted by Crippen LogP contribution is 2.39. The van der Waals surface area contributed by atoms with Crippen molar-refractivity contribution >= 4 is 41.1 Å². The summed E-state index contributed by atoms with van der Waals surface area (Å²) in [5, 5.41) is 2.77. The lowest BCUT2D eigenvalue weighted by Gasteiger charge is -2.42. The molecule has 296 valence electrons. The van der Waals surface area contributed by atoms with Gasteiger partial charge in [-0.15, -0.1) is 0 Å². The first-order valence-corrected chi connectivity index (χ1v) is 19.6. The monoisotopic (exact) mass is 776 g/mol. The number of amides is 4. The second-order valence-electron chi connectivity index (χ2n) is 15.7. The van der Waals surface area contributed by atoms with Crippen LogP contribution in [0.25, 0.3) is 0 Å². The summed E-state index contributed by atoms with van der Waals surface area (Å²) in [5.41, 5.74) is 6.33. The number of allylic oxidation sites excluding steroid dienone is 2. The standard InChI is InChI=1S/C39H52ClF3N6O5/c1-24-3-4-33-29(17-24)22-49(38(53)45-33)30-9-15-47(16-10-30)34(50)21-28(18-25-19-31(39(41,42)43)36(44)32(40)20-25)37(52)48-13-7-27(8-14-48)26-5-11-46(12-6-26)23-35(51)54-2/h3-4,19-20,24,26-28,30H,5-18,21-23,44H2,1-2H3,(H,45,53). The van der Waals surface area contributed by atoms with E-state index in [0.717, 1.165) is 57.0 Å². The number of nitrogen functional groups attached to an aromatic ring is 1. The Bertz CT molecular complexity index is 1650. The Balaban J connectivity index is 1.10. The van der Waals surface area contributed by atoms with Crippen LogP contribution in [0, 0.1) is 23.7 Å². The van der Waals surface area contributed by atoms with E-state index in [1.54, 1.807) is 9.80 Å². The van der Waals surface area contributed by atoms with Crippen LogP contribution in [0.4, 0.5) is 23.7 Å². The number of rotatable bonds is 9. The van der Waals surface area contributed by atoms with Crippen molar-refractivity contribution in [2.24, 2.45) is 23.7 Å². The number of nitrogens with zero attached hydrogens (tertiary/aromatic N) is 4. The number of urea groups is 1. The number of carbonyl (C=O) groups excluding carboxylic acids is 4. The third-order valence-electron chi connectivity index (χ3n) is 12.1. The fourth-order valence-electron chi connectivity index (χ4n) is 8.99. The topological polar surface area (TPSA) is 129 Å². The van der Waals surface area contributed by atoms with E-state index in [1.165, 1.54) is 18.7 Å². The molecule has 3 saturated heterocycles. The number of nitrogens with two attached hydrogens (primary N) is 1. The second-order valence-corrected chi connectivity index (χ2v) is 16.1. The lowest BCUT2D eigenvalue weighted by atomic mass is 9.78. The van der Waals surface area contributed by atoms with Gasteiger partial charge in [0.1, 0.15) is 0 Å². The largest absolute Gasteiger partial charge is 0.468 e. The van der Waals surface area contributed by atoms with E-state index in [-0.39, 0.29) is 59.8 Å². The van der Waals surface area contributed by atoms with Gasteiger partial charge in [0.2, 0.25) is 11.8 Å². The molecule has 11 nitrogen and oxygen atoms in total. The molecule has 1 aliphatic carbocycles. The quantitative estimate of drug-likeness (QED) is 0.251. The maximum Gasteiger partial charge on any atom is 0.418 e. The van der Waals surface area contributed by atoms with Crippen LogP contribution in [0.5, 0.6) is 0 Å². The first-order chi connectivity index (χ1) is 25.7. The minimum Gasteiger partial charge on any atom is -0.468 e. The summed E-state index contributed by atoms with van der Waals surface area (Å²) in [7, 11) is 1.39. The summed E-state index contributed by atoms with van der Waals surface area (Å²) in [5.74, 6) is -0.337. The molecule has 0 bridgehead atoms. The summed E-state index contributed by atoms with van der Waals surface area (Å²) < 4.78 is 46.5. The van der Waals surface area contributed by atoms with Crippen LogP contribution in [0.3, 0.4) is 0 Å². The smallest absolute Gasteiger partial charge is 0.418 e. The number of likely N-dealkylation sites (tertiary alicyclic amines) is 3. The highest BCUT2D eigenvalue weighted by Gasteiger charge is 2.39. The van der Waals surface area contributed by atoms with Crippen molar-refractivity contribution in [3.8, 4) is 0 Å². The predicted octanol–water partition coefficient (Wildman–Crippen LogP) is 5.48. The number of carbonyl (C=O) groups is 4. The van der Waals surface area contributed by atoms with E-state index in [4.69, 9.17) is 22.1 Å². The predicted molar refractivity (Wildman–Crippen MR) is 198 cm³/mol. The Morgan fingerprint density at radius 3 is 2.24 bits per heavy atom.